The van der Waals surface area contributed by atoms with Crippen LogP contribution in [0.3, 0.4) is 0 Å². The third kappa shape index (κ3) is 7.31. The number of hydrogen-bond acceptors (Lipinski definition) is 7. The Balaban J connectivity index is 2.37. The minimum absolute atomic E-state index is 0.312. The maximum absolute atomic E-state index is 13.0. The summed E-state index contributed by atoms with van der Waals surface area (Å²) in [5.74, 6) is 0.368. The molecule has 8 heteroatoms. The van der Waals surface area contributed by atoms with Crippen molar-refractivity contribution in [2.45, 2.75) is 65.5 Å². The van der Waals surface area contributed by atoms with E-state index < -0.39 is 29.3 Å². The van der Waals surface area contributed by atoms with Crippen molar-refractivity contribution in [3.63, 3.8) is 0 Å². The van der Waals surface area contributed by atoms with E-state index in [9.17, 15) is 14.4 Å². The Labute approximate surface area is 186 Å². The standard InChI is InChI=1S/C23H31NO6S/c1-7-8-15-13-19(25)28-17-11-14(2)12-18(20(15)17)29-21(26)16(9-10-31-6)24-22(27)30-23(3,4)5/h11-13,16H,7-10H2,1-6H3,(H,24,27)/t16-/m1/s1. The molecule has 0 aliphatic heterocycles. The molecule has 0 saturated carbocycles. The maximum atomic E-state index is 13.0. The van der Waals surface area contributed by atoms with Crippen LogP contribution < -0.4 is 15.7 Å². The number of nitrogens with one attached hydrogen (secondary N) is 1. The van der Waals surface area contributed by atoms with E-state index in [1.54, 1.807) is 44.7 Å². The zero-order chi connectivity index (χ0) is 23.2. The number of carbonyl (C=O) groups is 2. The van der Waals surface area contributed by atoms with Crippen LogP contribution in [0.1, 0.15) is 51.7 Å². The molecular formula is C23H31NO6S. The zero-order valence-electron chi connectivity index (χ0n) is 19.0. The van der Waals surface area contributed by atoms with Crippen LogP contribution in [0.15, 0.2) is 27.4 Å². The molecule has 7 nitrogen and oxygen atoms in total. The first kappa shape index (κ1) is 24.8. The molecule has 1 N–H and O–H groups in total. The molecule has 1 atom stereocenters. The molecule has 0 radical (unpaired) electrons. The van der Waals surface area contributed by atoms with Crippen molar-refractivity contribution in [1.82, 2.24) is 5.32 Å². The topological polar surface area (TPSA) is 94.8 Å². The van der Waals surface area contributed by atoms with Crippen molar-refractivity contribution in [1.29, 1.82) is 0 Å². The van der Waals surface area contributed by atoms with Crippen LogP contribution in [0.4, 0.5) is 4.79 Å². The second kappa shape index (κ2) is 10.7. The van der Waals surface area contributed by atoms with Gasteiger partial charge in [-0.25, -0.2) is 14.4 Å². The Kier molecular flexibility index (Phi) is 8.56. The van der Waals surface area contributed by atoms with Gasteiger partial charge in [0.1, 0.15) is 23.0 Å². The van der Waals surface area contributed by atoms with Gasteiger partial charge in [-0.2, -0.15) is 11.8 Å². The second-order valence-electron chi connectivity index (χ2n) is 8.38. The molecule has 0 saturated heterocycles. The van der Waals surface area contributed by atoms with E-state index in [4.69, 9.17) is 13.9 Å². The molecule has 0 aliphatic carbocycles. The monoisotopic (exact) mass is 449 g/mol. The number of alkyl carbamates (subject to hydrolysis) is 1. The number of rotatable bonds is 8. The number of benzene rings is 1. The van der Waals surface area contributed by atoms with Crippen molar-refractivity contribution >= 4 is 34.8 Å². The molecular weight excluding hydrogens is 418 g/mol. The molecule has 170 valence electrons. The quantitative estimate of drug-likeness (QED) is 0.357. The molecule has 1 amide bonds. The molecule has 0 aliphatic rings. The van der Waals surface area contributed by atoms with Gasteiger partial charge in [-0.1, -0.05) is 13.3 Å². The van der Waals surface area contributed by atoms with Gasteiger partial charge in [-0.15, -0.1) is 0 Å². The summed E-state index contributed by atoms with van der Waals surface area (Å²) in [5.41, 5.74) is 0.796. The van der Waals surface area contributed by atoms with Gasteiger partial charge in [0.2, 0.25) is 0 Å². The lowest BCUT2D eigenvalue weighted by Gasteiger charge is -2.23. The summed E-state index contributed by atoms with van der Waals surface area (Å²) in [5, 5.41) is 3.22. The molecule has 0 unspecified atom stereocenters. The fourth-order valence-corrected chi connectivity index (χ4v) is 3.60. The van der Waals surface area contributed by atoms with Gasteiger partial charge in [-0.05, 0) is 75.8 Å². The summed E-state index contributed by atoms with van der Waals surface area (Å²) in [6, 6.07) is 4.04. The molecule has 0 fully saturated rings. The number of amides is 1. The third-order valence-electron chi connectivity index (χ3n) is 4.35. The second-order valence-corrected chi connectivity index (χ2v) is 9.36. The summed E-state index contributed by atoms with van der Waals surface area (Å²) in [7, 11) is 0. The Morgan fingerprint density at radius 3 is 2.55 bits per heavy atom. The fraction of sp³-hybridized carbons (Fsp3) is 0.522. The van der Waals surface area contributed by atoms with Crippen molar-refractivity contribution in [3.05, 3.63) is 39.7 Å². The number of aryl methyl sites for hydroxylation is 2. The summed E-state index contributed by atoms with van der Waals surface area (Å²) in [6.45, 7) is 9.09. The van der Waals surface area contributed by atoms with E-state index in [1.165, 1.54) is 6.07 Å². The molecule has 2 aromatic rings. The Hall–Kier alpha value is -2.48. The van der Waals surface area contributed by atoms with Crippen LogP contribution in [-0.2, 0) is 16.0 Å². The van der Waals surface area contributed by atoms with Crippen LogP contribution in [0, 0.1) is 6.92 Å². The van der Waals surface area contributed by atoms with Crippen LogP contribution in [0.5, 0.6) is 5.75 Å². The molecule has 0 spiro atoms. The van der Waals surface area contributed by atoms with Crippen LogP contribution in [0.25, 0.3) is 11.0 Å². The number of hydrogen-bond donors (Lipinski definition) is 1. The van der Waals surface area contributed by atoms with Crippen LogP contribution in [0.2, 0.25) is 0 Å². The summed E-state index contributed by atoms with van der Waals surface area (Å²) in [6.07, 6.45) is 3.09. The van der Waals surface area contributed by atoms with Crippen LogP contribution >= 0.6 is 11.8 Å². The predicted molar refractivity (Wildman–Crippen MR) is 123 cm³/mol. The fourth-order valence-electron chi connectivity index (χ4n) is 3.13. The molecule has 2 rings (SSSR count). The average Bonchev–Trinajstić information content (AvgIpc) is 2.62. The molecule has 31 heavy (non-hydrogen) atoms. The van der Waals surface area contributed by atoms with E-state index in [-0.39, 0.29) is 0 Å². The van der Waals surface area contributed by atoms with E-state index in [1.807, 2.05) is 20.1 Å². The number of carbonyl (C=O) groups excluding carboxylic acids is 2. The first-order valence-electron chi connectivity index (χ1n) is 10.3. The highest BCUT2D eigenvalue weighted by molar-refractivity contribution is 7.98. The average molecular weight is 450 g/mol. The Bertz CT molecular complexity index is 992. The largest absolute Gasteiger partial charge is 0.444 e. The molecule has 1 heterocycles. The van der Waals surface area contributed by atoms with Gasteiger partial charge in [0.15, 0.2) is 0 Å². The highest BCUT2D eigenvalue weighted by Gasteiger charge is 2.27. The van der Waals surface area contributed by atoms with Gasteiger partial charge >= 0.3 is 17.7 Å². The van der Waals surface area contributed by atoms with Gasteiger partial charge in [-0.3, -0.25) is 0 Å². The summed E-state index contributed by atoms with van der Waals surface area (Å²) >= 11 is 1.56. The number of ether oxygens (including phenoxy) is 2. The number of thioether (sulfide) groups is 1. The van der Waals surface area contributed by atoms with Crippen LogP contribution in [-0.4, -0.2) is 35.7 Å². The first-order valence-corrected chi connectivity index (χ1v) is 11.7. The molecule has 1 aromatic heterocycles. The minimum Gasteiger partial charge on any atom is -0.444 e. The lowest BCUT2D eigenvalue weighted by atomic mass is 10.0. The smallest absolute Gasteiger partial charge is 0.408 e. The summed E-state index contributed by atoms with van der Waals surface area (Å²) in [4.78, 5) is 37.2. The van der Waals surface area contributed by atoms with Crippen molar-refractivity contribution in [2.24, 2.45) is 0 Å². The first-order chi connectivity index (χ1) is 14.5. The maximum Gasteiger partial charge on any atom is 0.408 e. The van der Waals surface area contributed by atoms with Gasteiger partial charge in [0, 0.05) is 6.07 Å². The van der Waals surface area contributed by atoms with Crippen molar-refractivity contribution < 1.29 is 23.5 Å². The number of esters is 1. The van der Waals surface area contributed by atoms with Gasteiger partial charge < -0.3 is 19.2 Å². The lowest BCUT2D eigenvalue weighted by Crippen LogP contribution is -2.45. The highest BCUT2D eigenvalue weighted by Crippen LogP contribution is 2.31. The highest BCUT2D eigenvalue weighted by atomic mass is 32.2. The van der Waals surface area contributed by atoms with E-state index in [2.05, 4.69) is 5.32 Å². The lowest BCUT2D eigenvalue weighted by molar-refractivity contribution is -0.136. The third-order valence-corrected chi connectivity index (χ3v) is 4.99. The normalized spacial score (nSPS) is 12.5. The van der Waals surface area contributed by atoms with Gasteiger partial charge in [0.25, 0.3) is 0 Å². The predicted octanol–water partition coefficient (Wildman–Crippen LogP) is 4.61. The van der Waals surface area contributed by atoms with Crippen molar-refractivity contribution in [2.75, 3.05) is 12.0 Å². The van der Waals surface area contributed by atoms with E-state index >= 15 is 0 Å². The number of fused-ring (bicyclic) bond motifs is 1. The van der Waals surface area contributed by atoms with E-state index in [0.717, 1.165) is 17.5 Å². The van der Waals surface area contributed by atoms with Gasteiger partial charge in [0.05, 0.1) is 5.39 Å². The minimum atomic E-state index is -0.872. The van der Waals surface area contributed by atoms with Crippen molar-refractivity contribution in [3.8, 4) is 5.75 Å². The van der Waals surface area contributed by atoms with E-state index in [0.29, 0.717) is 35.3 Å². The zero-order valence-corrected chi connectivity index (χ0v) is 19.8. The summed E-state index contributed by atoms with van der Waals surface area (Å²) < 4.78 is 16.4. The Morgan fingerprint density at radius 1 is 1.23 bits per heavy atom. The molecule has 0 bridgehead atoms. The SMILES string of the molecule is CCCc1cc(=O)oc2cc(C)cc(OC(=O)[C@@H](CCSC)NC(=O)OC(C)(C)C)c12. The molecule has 1 aromatic carbocycles. The Morgan fingerprint density at radius 2 is 1.94 bits per heavy atom.